The Labute approximate surface area is 196 Å². The van der Waals surface area contributed by atoms with E-state index < -0.39 is 0 Å². The first-order valence-electron chi connectivity index (χ1n) is 10.5. The summed E-state index contributed by atoms with van der Waals surface area (Å²) in [6.45, 7) is 3.99. The summed E-state index contributed by atoms with van der Waals surface area (Å²) in [4.78, 5) is 13.6. The zero-order chi connectivity index (χ0) is 22.9. The summed E-state index contributed by atoms with van der Waals surface area (Å²) in [7, 11) is 1.67. The fourth-order valence-electron chi connectivity index (χ4n) is 3.95. The van der Waals surface area contributed by atoms with Gasteiger partial charge < -0.3 is 10.1 Å². The summed E-state index contributed by atoms with van der Waals surface area (Å²) in [6, 6.07) is 17.8. The van der Waals surface area contributed by atoms with Crippen LogP contribution in [-0.2, 0) is 0 Å². The Hall–Kier alpha value is -3.90. The molecule has 0 fully saturated rings. The standard InChI is InChI=1S/C26H22ClN5O/c1-16-12-18(10-11-29-16)20-9-8-19(13-24(20)33-3)30-23-14-28-15-32-17(2)25(31-26(23)32)21-6-4-5-7-22(21)27/h4-15,30H,1-3H3. The van der Waals surface area contributed by atoms with Crippen LogP contribution in [0.3, 0.4) is 0 Å². The van der Waals surface area contributed by atoms with Gasteiger partial charge in [-0.1, -0.05) is 29.8 Å². The molecule has 3 aromatic heterocycles. The van der Waals surface area contributed by atoms with Crippen molar-refractivity contribution in [2.75, 3.05) is 12.4 Å². The highest BCUT2D eigenvalue weighted by molar-refractivity contribution is 6.33. The second-order valence-corrected chi connectivity index (χ2v) is 8.16. The Bertz CT molecular complexity index is 1480. The second kappa shape index (κ2) is 8.56. The Kier molecular flexibility index (Phi) is 5.44. The van der Waals surface area contributed by atoms with Crippen LogP contribution in [0.2, 0.25) is 5.02 Å². The number of pyridine rings is 1. The number of hydrogen-bond donors (Lipinski definition) is 1. The predicted octanol–water partition coefficient (Wildman–Crippen LogP) is 6.48. The fraction of sp³-hybridized carbons (Fsp3) is 0.115. The first kappa shape index (κ1) is 21.0. The molecule has 1 N–H and O–H groups in total. The lowest BCUT2D eigenvalue weighted by Gasteiger charge is -2.13. The van der Waals surface area contributed by atoms with Gasteiger partial charge in [-0.3, -0.25) is 9.38 Å². The molecule has 5 rings (SSSR count). The van der Waals surface area contributed by atoms with Gasteiger partial charge in [-0.15, -0.1) is 0 Å². The van der Waals surface area contributed by atoms with Crippen molar-refractivity contribution in [2.45, 2.75) is 13.8 Å². The molecule has 0 aliphatic carbocycles. The molecule has 5 aromatic rings. The monoisotopic (exact) mass is 455 g/mol. The minimum Gasteiger partial charge on any atom is -0.496 e. The summed E-state index contributed by atoms with van der Waals surface area (Å²) in [5.74, 6) is 0.766. The first-order chi connectivity index (χ1) is 16.0. The third-order valence-corrected chi connectivity index (χ3v) is 5.92. The van der Waals surface area contributed by atoms with Crippen LogP contribution in [0, 0.1) is 13.8 Å². The number of imidazole rings is 1. The molecule has 6 nitrogen and oxygen atoms in total. The summed E-state index contributed by atoms with van der Waals surface area (Å²) in [5, 5.41) is 4.11. The SMILES string of the molecule is COc1cc(Nc2cncn3c(C)c(-c4ccccc4Cl)nc23)ccc1-c1ccnc(C)c1. The van der Waals surface area contributed by atoms with Crippen LogP contribution in [-0.4, -0.2) is 26.5 Å². The van der Waals surface area contributed by atoms with Crippen LogP contribution in [0.1, 0.15) is 11.4 Å². The third kappa shape index (κ3) is 3.90. The third-order valence-electron chi connectivity index (χ3n) is 5.59. The molecular formula is C26H22ClN5O. The molecule has 33 heavy (non-hydrogen) atoms. The number of aryl methyl sites for hydroxylation is 2. The fourth-order valence-corrected chi connectivity index (χ4v) is 4.18. The Morgan fingerprint density at radius 2 is 1.85 bits per heavy atom. The van der Waals surface area contributed by atoms with E-state index in [2.05, 4.69) is 15.3 Å². The van der Waals surface area contributed by atoms with Crippen LogP contribution in [0.15, 0.2) is 73.3 Å². The number of fused-ring (bicyclic) bond motifs is 1. The molecule has 0 atom stereocenters. The van der Waals surface area contributed by atoms with Crippen LogP contribution >= 0.6 is 11.6 Å². The quantitative estimate of drug-likeness (QED) is 0.328. The van der Waals surface area contributed by atoms with Gasteiger partial charge in [0, 0.05) is 40.5 Å². The molecule has 7 heteroatoms. The van der Waals surface area contributed by atoms with Crippen LogP contribution in [0.25, 0.3) is 28.0 Å². The molecule has 164 valence electrons. The molecule has 0 spiro atoms. The normalized spacial score (nSPS) is 11.0. The molecule has 0 saturated carbocycles. The second-order valence-electron chi connectivity index (χ2n) is 7.75. The lowest BCUT2D eigenvalue weighted by Crippen LogP contribution is -1.98. The maximum atomic E-state index is 6.44. The number of benzene rings is 2. The van der Waals surface area contributed by atoms with Gasteiger partial charge in [-0.05, 0) is 49.7 Å². The number of nitrogens with zero attached hydrogens (tertiary/aromatic N) is 4. The largest absolute Gasteiger partial charge is 0.496 e. The van der Waals surface area contributed by atoms with Crippen molar-refractivity contribution in [1.82, 2.24) is 19.4 Å². The van der Waals surface area contributed by atoms with E-state index in [1.807, 2.05) is 72.8 Å². The minimum atomic E-state index is 0.665. The van der Waals surface area contributed by atoms with Gasteiger partial charge in [0.15, 0.2) is 5.65 Å². The van der Waals surface area contributed by atoms with Gasteiger partial charge in [-0.2, -0.15) is 0 Å². The van der Waals surface area contributed by atoms with Crippen LogP contribution < -0.4 is 10.1 Å². The van der Waals surface area contributed by atoms with Crippen molar-refractivity contribution in [2.24, 2.45) is 0 Å². The number of anilines is 2. The Balaban J connectivity index is 1.54. The number of hydrogen-bond acceptors (Lipinski definition) is 5. The number of halogens is 1. The number of nitrogens with one attached hydrogen (secondary N) is 1. The number of aromatic nitrogens is 4. The van der Waals surface area contributed by atoms with E-state index in [0.29, 0.717) is 5.02 Å². The molecule has 0 amide bonds. The van der Waals surface area contributed by atoms with Crippen molar-refractivity contribution in [1.29, 1.82) is 0 Å². The van der Waals surface area contributed by atoms with Gasteiger partial charge in [0.05, 0.1) is 24.0 Å². The van der Waals surface area contributed by atoms with Crippen molar-refractivity contribution in [3.8, 4) is 28.1 Å². The van der Waals surface area contributed by atoms with Crippen LogP contribution in [0.4, 0.5) is 11.4 Å². The van der Waals surface area contributed by atoms with Gasteiger partial charge in [-0.25, -0.2) is 9.97 Å². The Morgan fingerprint density at radius 1 is 1.00 bits per heavy atom. The molecule has 0 aliphatic heterocycles. The van der Waals surface area contributed by atoms with E-state index in [1.54, 1.807) is 25.8 Å². The smallest absolute Gasteiger partial charge is 0.164 e. The van der Waals surface area contributed by atoms with Gasteiger partial charge in [0.2, 0.25) is 0 Å². The average Bonchev–Trinajstić information content (AvgIpc) is 3.16. The highest BCUT2D eigenvalue weighted by Crippen LogP contribution is 2.35. The highest BCUT2D eigenvalue weighted by Gasteiger charge is 2.16. The summed E-state index contributed by atoms with van der Waals surface area (Å²) in [5.41, 5.74) is 8.14. The maximum Gasteiger partial charge on any atom is 0.164 e. The van der Waals surface area contributed by atoms with E-state index in [4.69, 9.17) is 21.3 Å². The first-order valence-corrected chi connectivity index (χ1v) is 10.9. The van der Waals surface area contributed by atoms with E-state index in [9.17, 15) is 0 Å². The van der Waals surface area contributed by atoms with E-state index in [1.165, 1.54) is 0 Å². The van der Waals surface area contributed by atoms with Crippen molar-refractivity contribution in [3.05, 3.63) is 89.7 Å². The molecule has 0 radical (unpaired) electrons. The Morgan fingerprint density at radius 3 is 2.64 bits per heavy atom. The van der Waals surface area contributed by atoms with Gasteiger partial charge >= 0.3 is 0 Å². The molecule has 0 aliphatic rings. The molecule has 0 bridgehead atoms. The number of ether oxygens (including phenoxy) is 1. The number of rotatable bonds is 5. The number of methoxy groups -OCH3 is 1. The van der Waals surface area contributed by atoms with E-state index in [-0.39, 0.29) is 0 Å². The van der Waals surface area contributed by atoms with Gasteiger partial charge in [0.1, 0.15) is 17.8 Å². The zero-order valence-corrected chi connectivity index (χ0v) is 19.3. The van der Waals surface area contributed by atoms with Crippen LogP contribution in [0.5, 0.6) is 5.75 Å². The molecule has 2 aromatic carbocycles. The van der Waals surface area contributed by atoms with E-state index >= 15 is 0 Å². The predicted molar refractivity (Wildman–Crippen MR) is 132 cm³/mol. The van der Waals surface area contributed by atoms with Crippen molar-refractivity contribution in [3.63, 3.8) is 0 Å². The van der Waals surface area contributed by atoms with Crippen molar-refractivity contribution < 1.29 is 4.74 Å². The summed E-state index contributed by atoms with van der Waals surface area (Å²) >= 11 is 6.44. The molecule has 0 saturated heterocycles. The summed E-state index contributed by atoms with van der Waals surface area (Å²) in [6.07, 6.45) is 5.34. The highest BCUT2D eigenvalue weighted by atomic mass is 35.5. The molecule has 0 unspecified atom stereocenters. The maximum absolute atomic E-state index is 6.44. The van der Waals surface area contributed by atoms with Crippen molar-refractivity contribution >= 4 is 28.6 Å². The summed E-state index contributed by atoms with van der Waals surface area (Å²) < 4.78 is 7.65. The van der Waals surface area contributed by atoms with E-state index in [0.717, 1.165) is 56.5 Å². The lowest BCUT2D eigenvalue weighted by atomic mass is 10.0. The molecular weight excluding hydrogens is 434 g/mol. The topological polar surface area (TPSA) is 64.3 Å². The lowest BCUT2D eigenvalue weighted by molar-refractivity contribution is 0.416. The average molecular weight is 456 g/mol. The molecule has 3 heterocycles. The van der Waals surface area contributed by atoms with Gasteiger partial charge in [0.25, 0.3) is 0 Å². The zero-order valence-electron chi connectivity index (χ0n) is 18.5. The minimum absolute atomic E-state index is 0.665.